The average molecular weight is 511 g/mol. The van der Waals surface area contributed by atoms with Crippen molar-refractivity contribution >= 4 is 29.6 Å². The van der Waals surface area contributed by atoms with Gasteiger partial charge in [0, 0.05) is 17.9 Å². The Labute approximate surface area is 235 Å². The van der Waals surface area contributed by atoms with Gasteiger partial charge in [-0.25, -0.2) is 4.68 Å². The Bertz CT molecular complexity index is 1390. The first kappa shape index (κ1) is 25.9. The van der Waals surface area contributed by atoms with E-state index in [0.717, 1.165) is 28.2 Å². The van der Waals surface area contributed by atoms with Crippen LogP contribution in [-0.4, -0.2) is 38.9 Å². The molecule has 0 aliphatic carbocycles. The topological polar surface area (TPSA) is 111 Å². The number of fused-ring (bicyclic) bond motifs is 1. The zero-order chi connectivity index (χ0) is 24.2. The molecule has 0 fully saturated rings. The van der Waals surface area contributed by atoms with Gasteiger partial charge < -0.3 is 24.9 Å². The van der Waals surface area contributed by atoms with Crippen molar-refractivity contribution in [3.63, 3.8) is 0 Å². The van der Waals surface area contributed by atoms with Gasteiger partial charge in [-0.3, -0.25) is 0 Å². The van der Waals surface area contributed by atoms with Gasteiger partial charge in [-0.05, 0) is 72.6 Å². The van der Waals surface area contributed by atoms with E-state index in [9.17, 15) is 9.90 Å². The number of nitrogens with one attached hydrogen (secondary N) is 2. The molecule has 178 valence electrons. The van der Waals surface area contributed by atoms with E-state index in [1.165, 1.54) is 0 Å². The van der Waals surface area contributed by atoms with E-state index in [0.29, 0.717) is 29.9 Å². The van der Waals surface area contributed by atoms with Crippen molar-refractivity contribution in [3.05, 3.63) is 88.7 Å². The van der Waals surface area contributed by atoms with Crippen LogP contribution in [0.4, 0.5) is 11.4 Å². The SMILES string of the molecule is O=C([O-])C1CCc2cc(OCNc3cccc(-n4[nH]nnc4=S)c3)ccc2N1Cc1ccccc1.[Na+]. The molecule has 1 atom stereocenters. The number of aromatic amines is 1. The zero-order valence-corrected chi connectivity index (χ0v) is 22.6. The fourth-order valence-electron chi connectivity index (χ4n) is 4.29. The molecule has 0 saturated carbocycles. The van der Waals surface area contributed by atoms with Crippen LogP contribution in [0.15, 0.2) is 72.8 Å². The number of hydrogen-bond donors (Lipinski definition) is 2. The van der Waals surface area contributed by atoms with Gasteiger partial charge in [0.05, 0.1) is 17.7 Å². The molecule has 0 saturated heterocycles. The minimum Gasteiger partial charge on any atom is -0.548 e. The third kappa shape index (κ3) is 5.79. The Hall–Kier alpha value is -3.18. The largest absolute Gasteiger partial charge is 1.00 e. The Morgan fingerprint density at radius 3 is 2.72 bits per heavy atom. The van der Waals surface area contributed by atoms with Crippen LogP contribution in [0.3, 0.4) is 0 Å². The number of anilines is 2. The minimum atomic E-state index is -1.05. The number of rotatable bonds is 8. The molecular formula is C25H23N6NaO3S. The van der Waals surface area contributed by atoms with Crippen LogP contribution >= 0.6 is 12.2 Å². The number of tetrazole rings is 1. The van der Waals surface area contributed by atoms with E-state index in [2.05, 4.69) is 20.8 Å². The van der Waals surface area contributed by atoms with E-state index in [-0.39, 0.29) is 36.3 Å². The zero-order valence-electron chi connectivity index (χ0n) is 19.8. The Balaban J connectivity index is 0.00000304. The van der Waals surface area contributed by atoms with Crippen molar-refractivity contribution in [1.82, 2.24) is 20.2 Å². The normalized spacial score (nSPS) is 14.4. The quantitative estimate of drug-likeness (QED) is 0.191. The third-order valence-electron chi connectivity index (χ3n) is 5.98. The summed E-state index contributed by atoms with van der Waals surface area (Å²) in [7, 11) is 0. The van der Waals surface area contributed by atoms with Crippen LogP contribution in [0.1, 0.15) is 17.5 Å². The fourth-order valence-corrected chi connectivity index (χ4v) is 4.48. The first-order valence-corrected chi connectivity index (χ1v) is 11.6. The molecule has 1 aromatic heterocycles. The van der Waals surface area contributed by atoms with Crippen molar-refractivity contribution in [1.29, 1.82) is 0 Å². The summed E-state index contributed by atoms with van der Waals surface area (Å²) in [5, 5.41) is 25.3. The van der Waals surface area contributed by atoms with E-state index >= 15 is 0 Å². The van der Waals surface area contributed by atoms with E-state index in [4.69, 9.17) is 17.0 Å². The average Bonchev–Trinajstić information content (AvgIpc) is 3.30. The maximum atomic E-state index is 11.8. The van der Waals surface area contributed by atoms with E-state index < -0.39 is 12.0 Å². The molecule has 4 aromatic rings. The second-order valence-electron chi connectivity index (χ2n) is 8.21. The molecule has 1 unspecified atom stereocenters. The monoisotopic (exact) mass is 510 g/mol. The molecule has 0 spiro atoms. The van der Waals surface area contributed by atoms with Gasteiger partial charge in [-0.2, -0.15) is 5.21 Å². The van der Waals surface area contributed by atoms with Crippen molar-refractivity contribution in [3.8, 4) is 11.4 Å². The first-order valence-electron chi connectivity index (χ1n) is 11.2. The molecule has 5 rings (SSSR count). The summed E-state index contributed by atoms with van der Waals surface area (Å²) in [6, 6.07) is 22.6. The number of benzene rings is 3. The number of nitrogens with zero attached hydrogens (tertiary/aromatic N) is 4. The summed E-state index contributed by atoms with van der Waals surface area (Å²) in [5.74, 6) is -0.343. The van der Waals surface area contributed by atoms with Gasteiger partial charge in [0.2, 0.25) is 4.77 Å². The maximum Gasteiger partial charge on any atom is 1.00 e. The summed E-state index contributed by atoms with van der Waals surface area (Å²) in [6.07, 6.45) is 1.13. The Morgan fingerprint density at radius 1 is 1.14 bits per heavy atom. The summed E-state index contributed by atoms with van der Waals surface area (Å²) < 4.78 is 7.89. The van der Waals surface area contributed by atoms with E-state index in [1.807, 2.05) is 77.7 Å². The van der Waals surface area contributed by atoms with Crippen LogP contribution in [0.5, 0.6) is 5.75 Å². The van der Waals surface area contributed by atoms with Gasteiger partial charge in [0.25, 0.3) is 0 Å². The molecule has 9 nitrogen and oxygen atoms in total. The number of carbonyl (C=O) groups is 1. The molecule has 3 aromatic carbocycles. The molecule has 2 N–H and O–H groups in total. The number of hydrogen-bond acceptors (Lipinski definition) is 8. The van der Waals surface area contributed by atoms with Gasteiger partial charge in [0.1, 0.15) is 5.75 Å². The van der Waals surface area contributed by atoms with Crippen LogP contribution < -0.4 is 49.6 Å². The second-order valence-corrected chi connectivity index (χ2v) is 8.58. The summed E-state index contributed by atoms with van der Waals surface area (Å²) in [4.78, 5) is 13.7. The van der Waals surface area contributed by atoms with E-state index in [1.54, 1.807) is 4.68 Å². The number of ether oxygens (including phenoxy) is 1. The van der Waals surface area contributed by atoms with Gasteiger partial charge in [-0.1, -0.05) is 46.7 Å². The van der Waals surface area contributed by atoms with Crippen molar-refractivity contribution in [2.45, 2.75) is 25.4 Å². The van der Waals surface area contributed by atoms with Crippen molar-refractivity contribution < 1.29 is 44.2 Å². The number of H-pyrrole nitrogens is 1. The molecular weight excluding hydrogens is 487 g/mol. The number of aryl methyl sites for hydroxylation is 1. The summed E-state index contributed by atoms with van der Waals surface area (Å²) >= 11 is 5.15. The number of carbonyl (C=O) groups excluding carboxylic acids is 1. The molecule has 11 heteroatoms. The van der Waals surface area contributed by atoms with Gasteiger partial charge >= 0.3 is 29.6 Å². The molecule has 0 radical (unpaired) electrons. The molecule has 2 heterocycles. The maximum absolute atomic E-state index is 11.8. The first-order chi connectivity index (χ1) is 17.1. The molecule has 36 heavy (non-hydrogen) atoms. The molecule has 0 bridgehead atoms. The molecule has 0 amide bonds. The third-order valence-corrected chi connectivity index (χ3v) is 6.25. The number of aromatic nitrogens is 4. The summed E-state index contributed by atoms with van der Waals surface area (Å²) in [6.45, 7) is 0.755. The molecule has 1 aliphatic heterocycles. The predicted molar refractivity (Wildman–Crippen MR) is 132 cm³/mol. The minimum absolute atomic E-state index is 0. The number of aliphatic carboxylic acids is 1. The van der Waals surface area contributed by atoms with Crippen LogP contribution in [-0.2, 0) is 17.8 Å². The van der Waals surface area contributed by atoms with Crippen LogP contribution in [0, 0.1) is 4.77 Å². The number of carboxylic acid groups (broad SMARTS) is 1. The smallest absolute Gasteiger partial charge is 0.548 e. The van der Waals surface area contributed by atoms with Gasteiger partial charge in [-0.15, -0.1) is 0 Å². The predicted octanol–water partition coefficient (Wildman–Crippen LogP) is -0.151. The van der Waals surface area contributed by atoms with Crippen LogP contribution in [0.2, 0.25) is 0 Å². The van der Waals surface area contributed by atoms with Crippen molar-refractivity contribution in [2.75, 3.05) is 16.9 Å². The fraction of sp³-hybridized carbons (Fsp3) is 0.200. The van der Waals surface area contributed by atoms with Crippen molar-refractivity contribution in [2.24, 2.45) is 0 Å². The Kier molecular flexibility index (Phi) is 8.42. The second kappa shape index (κ2) is 11.7. The Morgan fingerprint density at radius 2 is 1.97 bits per heavy atom. The summed E-state index contributed by atoms with van der Waals surface area (Å²) in [5.41, 5.74) is 4.65. The molecule has 1 aliphatic rings. The van der Waals surface area contributed by atoms with Gasteiger partial charge in [0.15, 0.2) is 6.73 Å². The van der Waals surface area contributed by atoms with Crippen LogP contribution in [0.25, 0.3) is 5.69 Å². The number of carboxylic acids is 1. The standard InChI is InChI=1S/C25H24N6O3S.Na/c32-24(33)23-11-9-18-13-21(10-12-22(18)30(23)15-17-5-2-1-3-6-17)34-16-26-19-7-4-8-20(14-19)31-25(35)27-28-29-31;/h1-8,10,12-14,23,26H,9,11,15-16H2,(H,32,33)(H,27,29,35);/q;+1/p-1.